The second kappa shape index (κ2) is 6.45. The van der Waals surface area contributed by atoms with Crippen molar-refractivity contribution in [3.63, 3.8) is 0 Å². The Morgan fingerprint density at radius 1 is 1.43 bits per heavy atom. The van der Waals surface area contributed by atoms with Gasteiger partial charge in [-0.15, -0.1) is 0 Å². The molecule has 1 saturated carbocycles. The zero-order valence-electron chi connectivity index (χ0n) is 13.6. The summed E-state index contributed by atoms with van der Waals surface area (Å²) in [5.74, 6) is 2.37. The summed E-state index contributed by atoms with van der Waals surface area (Å²) in [6, 6.07) is 0.363. The molecule has 2 fully saturated rings. The van der Waals surface area contributed by atoms with Gasteiger partial charge in [-0.25, -0.2) is 4.98 Å². The van der Waals surface area contributed by atoms with Crippen LogP contribution in [0.1, 0.15) is 49.2 Å². The number of ether oxygens (including phenoxy) is 1. The highest BCUT2D eigenvalue weighted by molar-refractivity contribution is 5.10. The molecule has 2 aromatic heterocycles. The minimum absolute atomic E-state index is 0.149. The lowest BCUT2D eigenvalue weighted by molar-refractivity contribution is -0.0287. The number of imidazole rings is 1. The highest BCUT2D eigenvalue weighted by Crippen LogP contribution is 2.41. The number of aromatic amines is 1. The largest absolute Gasteiger partial charge is 0.373 e. The van der Waals surface area contributed by atoms with Crippen LogP contribution in [0.3, 0.4) is 0 Å². The second-order valence-corrected chi connectivity index (χ2v) is 6.85. The van der Waals surface area contributed by atoms with Gasteiger partial charge in [0.1, 0.15) is 5.82 Å². The molecule has 1 unspecified atom stereocenters. The molecule has 2 N–H and O–H groups in total. The molecular formula is C17H25N5O. The molecule has 4 rings (SSSR count). The summed E-state index contributed by atoms with van der Waals surface area (Å²) in [6.07, 6.45) is 12.9. The first kappa shape index (κ1) is 14.9. The maximum atomic E-state index is 6.04. The molecule has 6 nitrogen and oxygen atoms in total. The van der Waals surface area contributed by atoms with E-state index in [-0.39, 0.29) is 6.10 Å². The van der Waals surface area contributed by atoms with Crippen LogP contribution in [0.25, 0.3) is 0 Å². The quantitative estimate of drug-likeness (QED) is 0.858. The van der Waals surface area contributed by atoms with Crippen LogP contribution in [0.5, 0.6) is 0 Å². The monoisotopic (exact) mass is 315 g/mol. The van der Waals surface area contributed by atoms with Crippen molar-refractivity contribution in [1.82, 2.24) is 25.1 Å². The third-order valence-electron chi connectivity index (χ3n) is 5.12. The number of rotatable bonds is 6. The van der Waals surface area contributed by atoms with Crippen LogP contribution < -0.4 is 5.32 Å². The first-order valence-corrected chi connectivity index (χ1v) is 8.64. The van der Waals surface area contributed by atoms with Crippen molar-refractivity contribution in [3.05, 3.63) is 36.2 Å². The molecule has 1 aliphatic carbocycles. The molecule has 23 heavy (non-hydrogen) atoms. The molecular weight excluding hydrogens is 290 g/mol. The number of nitrogens with one attached hydrogen (secondary N) is 2. The summed E-state index contributed by atoms with van der Waals surface area (Å²) in [5, 5.41) is 10.8. The first-order chi connectivity index (χ1) is 11.3. The standard InChI is InChI=1S/C17H25N5O/c1-22-7-6-18-17(22)15(12-4-5-12)19-9-13-3-2-8-23-16(13)14-10-20-21-11-14/h6-7,10-13,15-16,19H,2-5,8-9H2,1H3,(H,20,21)/t13-,15?,16+/m0/s1. The van der Waals surface area contributed by atoms with Crippen LogP contribution in [0.15, 0.2) is 24.8 Å². The number of H-pyrrole nitrogens is 1. The van der Waals surface area contributed by atoms with Crippen LogP contribution in [-0.2, 0) is 11.8 Å². The Morgan fingerprint density at radius 3 is 3.04 bits per heavy atom. The van der Waals surface area contributed by atoms with Gasteiger partial charge >= 0.3 is 0 Å². The van der Waals surface area contributed by atoms with E-state index in [1.54, 1.807) is 0 Å². The van der Waals surface area contributed by atoms with Crippen molar-refractivity contribution in [3.8, 4) is 0 Å². The van der Waals surface area contributed by atoms with E-state index in [9.17, 15) is 0 Å². The molecule has 2 aromatic rings. The summed E-state index contributed by atoms with van der Waals surface area (Å²) >= 11 is 0. The topological polar surface area (TPSA) is 67.8 Å². The van der Waals surface area contributed by atoms with Crippen LogP contribution in [0.2, 0.25) is 0 Å². The number of aryl methyl sites for hydroxylation is 1. The van der Waals surface area contributed by atoms with Gasteiger partial charge in [-0.1, -0.05) is 0 Å². The fourth-order valence-electron chi connectivity index (χ4n) is 3.69. The van der Waals surface area contributed by atoms with E-state index < -0.39 is 0 Å². The molecule has 0 radical (unpaired) electrons. The van der Waals surface area contributed by atoms with Crippen molar-refractivity contribution in [1.29, 1.82) is 0 Å². The van der Waals surface area contributed by atoms with E-state index in [0.717, 1.165) is 36.9 Å². The van der Waals surface area contributed by atoms with Crippen LogP contribution in [0.4, 0.5) is 0 Å². The third kappa shape index (κ3) is 3.19. The predicted octanol–water partition coefficient (Wildman–Crippen LogP) is 2.35. The maximum absolute atomic E-state index is 6.04. The molecule has 2 aliphatic rings. The number of hydrogen-bond donors (Lipinski definition) is 2. The molecule has 3 atom stereocenters. The average molecular weight is 315 g/mol. The minimum Gasteiger partial charge on any atom is -0.373 e. The number of nitrogens with zero attached hydrogens (tertiary/aromatic N) is 3. The van der Waals surface area contributed by atoms with Gasteiger partial charge in [0, 0.05) is 50.3 Å². The first-order valence-electron chi connectivity index (χ1n) is 8.64. The Morgan fingerprint density at radius 2 is 2.35 bits per heavy atom. The molecule has 0 amide bonds. The van der Waals surface area contributed by atoms with Crippen molar-refractivity contribution in [2.45, 2.75) is 37.8 Å². The molecule has 0 bridgehead atoms. The second-order valence-electron chi connectivity index (χ2n) is 6.85. The summed E-state index contributed by atoms with van der Waals surface area (Å²) in [4.78, 5) is 4.56. The van der Waals surface area contributed by atoms with Gasteiger partial charge in [-0.3, -0.25) is 5.10 Å². The SMILES string of the molecule is Cn1ccnc1C(NC[C@@H]1CCCO[C@H]1c1cn[nH]c1)C1CC1. The minimum atomic E-state index is 0.149. The van der Waals surface area contributed by atoms with Crippen molar-refractivity contribution >= 4 is 0 Å². The van der Waals surface area contributed by atoms with Crippen LogP contribution in [-0.4, -0.2) is 32.9 Å². The summed E-state index contributed by atoms with van der Waals surface area (Å²) < 4.78 is 8.18. The Bertz CT molecular complexity index is 619. The molecule has 0 spiro atoms. The fraction of sp³-hybridized carbons (Fsp3) is 0.647. The average Bonchev–Trinajstić information content (AvgIpc) is 3.08. The van der Waals surface area contributed by atoms with Gasteiger partial charge in [0.05, 0.1) is 18.3 Å². The van der Waals surface area contributed by atoms with Gasteiger partial charge < -0.3 is 14.6 Å². The van der Waals surface area contributed by atoms with Crippen LogP contribution >= 0.6 is 0 Å². The molecule has 124 valence electrons. The smallest absolute Gasteiger partial charge is 0.125 e. The summed E-state index contributed by atoms with van der Waals surface area (Å²) in [6.45, 7) is 1.81. The van der Waals surface area contributed by atoms with Gasteiger partial charge in [0.2, 0.25) is 0 Å². The van der Waals surface area contributed by atoms with Gasteiger partial charge in [0.25, 0.3) is 0 Å². The normalized spacial score (nSPS) is 26.3. The highest BCUT2D eigenvalue weighted by atomic mass is 16.5. The highest BCUT2D eigenvalue weighted by Gasteiger charge is 2.36. The van der Waals surface area contributed by atoms with Gasteiger partial charge in [-0.2, -0.15) is 5.10 Å². The van der Waals surface area contributed by atoms with Gasteiger partial charge in [0.15, 0.2) is 0 Å². The molecule has 1 aliphatic heterocycles. The molecule has 1 saturated heterocycles. The van der Waals surface area contributed by atoms with E-state index in [1.165, 1.54) is 19.3 Å². The maximum Gasteiger partial charge on any atom is 0.125 e. The van der Waals surface area contributed by atoms with Crippen molar-refractivity contribution in [2.24, 2.45) is 18.9 Å². The molecule has 0 aromatic carbocycles. The lowest BCUT2D eigenvalue weighted by Gasteiger charge is -2.32. The van der Waals surface area contributed by atoms with Crippen molar-refractivity contribution < 1.29 is 4.74 Å². The van der Waals surface area contributed by atoms with E-state index in [1.807, 2.05) is 24.8 Å². The van der Waals surface area contributed by atoms with Crippen molar-refractivity contribution in [2.75, 3.05) is 13.2 Å². The Kier molecular flexibility index (Phi) is 4.18. The Labute approximate surface area is 136 Å². The predicted molar refractivity (Wildman–Crippen MR) is 86.7 cm³/mol. The summed E-state index contributed by atoms with van der Waals surface area (Å²) in [5.41, 5.74) is 1.16. The Hall–Kier alpha value is -1.66. The zero-order valence-corrected chi connectivity index (χ0v) is 13.6. The molecule has 6 heteroatoms. The molecule has 3 heterocycles. The Balaban J connectivity index is 1.44. The van der Waals surface area contributed by atoms with E-state index in [2.05, 4.69) is 32.1 Å². The number of aromatic nitrogens is 4. The zero-order chi connectivity index (χ0) is 15.6. The summed E-state index contributed by atoms with van der Waals surface area (Å²) in [7, 11) is 2.08. The third-order valence-corrected chi connectivity index (χ3v) is 5.12. The van der Waals surface area contributed by atoms with E-state index in [0.29, 0.717) is 12.0 Å². The number of hydrogen-bond acceptors (Lipinski definition) is 4. The lowest BCUT2D eigenvalue weighted by atomic mass is 9.90. The lowest BCUT2D eigenvalue weighted by Crippen LogP contribution is -2.35. The van der Waals surface area contributed by atoms with E-state index in [4.69, 9.17) is 4.74 Å². The van der Waals surface area contributed by atoms with E-state index >= 15 is 0 Å². The van der Waals surface area contributed by atoms with Crippen LogP contribution in [0, 0.1) is 11.8 Å². The fourth-order valence-corrected chi connectivity index (χ4v) is 3.69. The van der Waals surface area contributed by atoms with Gasteiger partial charge in [-0.05, 0) is 31.6 Å².